The summed E-state index contributed by atoms with van der Waals surface area (Å²) in [6.07, 6.45) is 8.92. The highest BCUT2D eigenvalue weighted by atomic mass is 16.5. The summed E-state index contributed by atoms with van der Waals surface area (Å²) in [6.45, 7) is 1.62. The van der Waals surface area contributed by atoms with E-state index in [0.717, 1.165) is 38.8 Å². The summed E-state index contributed by atoms with van der Waals surface area (Å²) in [7, 11) is 3.59. The van der Waals surface area contributed by atoms with Gasteiger partial charge in [-0.2, -0.15) is 0 Å². The highest BCUT2D eigenvalue weighted by Crippen LogP contribution is 2.22. The summed E-state index contributed by atoms with van der Waals surface area (Å²) in [5.74, 6) is 0.605. The van der Waals surface area contributed by atoms with Gasteiger partial charge in [-0.05, 0) is 32.1 Å². The molecule has 1 aromatic rings. The number of aromatic nitrogens is 2. The number of amides is 1. The van der Waals surface area contributed by atoms with Crippen LogP contribution in [-0.2, 0) is 11.8 Å². The van der Waals surface area contributed by atoms with Crippen LogP contribution in [-0.4, -0.2) is 46.7 Å². The monoisotopic (exact) mass is 265 g/mol. The number of imidazole rings is 1. The van der Waals surface area contributed by atoms with E-state index in [1.165, 1.54) is 6.42 Å². The maximum absolute atomic E-state index is 12.5. The lowest BCUT2D eigenvalue weighted by atomic mass is 9.98. The standard InChI is InChI=1S/C14H23N3O2/c1-16-10-8-15-13(16)14(18)17-9-4-3-6-12(17)7-5-11-19-2/h8,10,12H,3-7,9,11H2,1-2H3/t12-/m0/s1. The molecule has 0 spiro atoms. The second-order valence-electron chi connectivity index (χ2n) is 5.14. The first-order valence-corrected chi connectivity index (χ1v) is 7.01. The number of nitrogens with zero attached hydrogens (tertiary/aromatic N) is 3. The predicted octanol–water partition coefficient (Wildman–Crippen LogP) is 1.84. The molecular formula is C14H23N3O2. The van der Waals surface area contributed by atoms with Crippen molar-refractivity contribution in [1.29, 1.82) is 0 Å². The van der Waals surface area contributed by atoms with Crippen molar-refractivity contribution in [2.45, 2.75) is 38.1 Å². The fourth-order valence-electron chi connectivity index (χ4n) is 2.73. The maximum atomic E-state index is 12.5. The fourth-order valence-corrected chi connectivity index (χ4v) is 2.73. The third kappa shape index (κ3) is 3.35. The van der Waals surface area contributed by atoms with Crippen LogP contribution in [0.2, 0.25) is 0 Å². The summed E-state index contributed by atoms with van der Waals surface area (Å²) in [6, 6.07) is 0.341. The third-order valence-corrected chi connectivity index (χ3v) is 3.79. The lowest BCUT2D eigenvalue weighted by molar-refractivity contribution is 0.0569. The minimum atomic E-state index is 0.0645. The summed E-state index contributed by atoms with van der Waals surface area (Å²) in [4.78, 5) is 18.7. The minimum Gasteiger partial charge on any atom is -0.385 e. The molecule has 0 unspecified atom stereocenters. The number of rotatable bonds is 5. The van der Waals surface area contributed by atoms with Crippen molar-refractivity contribution in [2.75, 3.05) is 20.3 Å². The van der Waals surface area contributed by atoms with E-state index in [2.05, 4.69) is 4.98 Å². The van der Waals surface area contributed by atoms with Gasteiger partial charge in [-0.25, -0.2) is 4.98 Å². The molecule has 1 aromatic heterocycles. The summed E-state index contributed by atoms with van der Waals surface area (Å²) < 4.78 is 6.89. The van der Waals surface area contributed by atoms with Gasteiger partial charge in [0.1, 0.15) is 0 Å². The Morgan fingerprint density at radius 3 is 3.05 bits per heavy atom. The average molecular weight is 265 g/mol. The first kappa shape index (κ1) is 14.1. The van der Waals surface area contributed by atoms with Gasteiger partial charge < -0.3 is 14.2 Å². The molecule has 0 radical (unpaired) electrons. The molecule has 19 heavy (non-hydrogen) atoms. The van der Waals surface area contributed by atoms with Gasteiger partial charge in [0.15, 0.2) is 5.82 Å². The zero-order valence-corrected chi connectivity index (χ0v) is 11.8. The molecule has 5 nitrogen and oxygen atoms in total. The van der Waals surface area contributed by atoms with Crippen LogP contribution >= 0.6 is 0 Å². The highest BCUT2D eigenvalue weighted by Gasteiger charge is 2.28. The molecule has 0 bridgehead atoms. The van der Waals surface area contributed by atoms with E-state index in [0.29, 0.717) is 11.9 Å². The van der Waals surface area contributed by atoms with E-state index >= 15 is 0 Å². The van der Waals surface area contributed by atoms with Crippen LogP contribution < -0.4 is 0 Å². The predicted molar refractivity (Wildman–Crippen MR) is 73.0 cm³/mol. The molecule has 1 atom stereocenters. The second kappa shape index (κ2) is 6.70. The van der Waals surface area contributed by atoms with E-state index in [1.807, 2.05) is 18.1 Å². The number of aryl methyl sites for hydroxylation is 1. The molecule has 0 saturated carbocycles. The van der Waals surface area contributed by atoms with Crippen molar-refractivity contribution < 1.29 is 9.53 Å². The molecule has 1 aliphatic rings. The summed E-state index contributed by atoms with van der Waals surface area (Å²) >= 11 is 0. The number of ether oxygens (including phenoxy) is 1. The first-order chi connectivity index (χ1) is 9.24. The summed E-state index contributed by atoms with van der Waals surface area (Å²) in [5, 5.41) is 0. The van der Waals surface area contributed by atoms with Crippen LogP contribution in [0.15, 0.2) is 12.4 Å². The lowest BCUT2D eigenvalue weighted by Gasteiger charge is -2.35. The van der Waals surface area contributed by atoms with Gasteiger partial charge in [0, 0.05) is 45.7 Å². The Kier molecular flexibility index (Phi) is 4.96. The van der Waals surface area contributed by atoms with E-state index in [9.17, 15) is 4.79 Å². The number of piperidine rings is 1. The zero-order valence-electron chi connectivity index (χ0n) is 11.8. The number of likely N-dealkylation sites (tertiary alicyclic amines) is 1. The van der Waals surface area contributed by atoms with Gasteiger partial charge in [-0.15, -0.1) is 0 Å². The Hall–Kier alpha value is -1.36. The van der Waals surface area contributed by atoms with Crippen LogP contribution in [0.5, 0.6) is 0 Å². The topological polar surface area (TPSA) is 47.4 Å². The molecule has 106 valence electrons. The molecule has 5 heteroatoms. The quantitative estimate of drug-likeness (QED) is 0.763. The smallest absolute Gasteiger partial charge is 0.290 e. The van der Waals surface area contributed by atoms with Crippen LogP contribution in [0, 0.1) is 0 Å². The highest BCUT2D eigenvalue weighted by molar-refractivity contribution is 5.91. The van der Waals surface area contributed by atoms with Crippen molar-refractivity contribution >= 4 is 5.91 Å². The van der Waals surface area contributed by atoms with Crippen molar-refractivity contribution in [1.82, 2.24) is 14.5 Å². The number of methoxy groups -OCH3 is 1. The molecule has 2 rings (SSSR count). The maximum Gasteiger partial charge on any atom is 0.290 e. The van der Waals surface area contributed by atoms with Crippen molar-refractivity contribution in [3.63, 3.8) is 0 Å². The average Bonchev–Trinajstić information content (AvgIpc) is 2.85. The summed E-state index contributed by atoms with van der Waals surface area (Å²) in [5.41, 5.74) is 0. The second-order valence-corrected chi connectivity index (χ2v) is 5.14. The van der Waals surface area contributed by atoms with Crippen LogP contribution in [0.4, 0.5) is 0 Å². The lowest BCUT2D eigenvalue weighted by Crippen LogP contribution is -2.44. The number of carbonyl (C=O) groups is 1. The van der Waals surface area contributed by atoms with Crippen LogP contribution in [0.3, 0.4) is 0 Å². The largest absolute Gasteiger partial charge is 0.385 e. The van der Waals surface area contributed by atoms with E-state index in [-0.39, 0.29) is 5.91 Å². The number of hydrogen-bond donors (Lipinski definition) is 0. The zero-order chi connectivity index (χ0) is 13.7. The van der Waals surface area contributed by atoms with Crippen LogP contribution in [0.1, 0.15) is 42.7 Å². The molecule has 1 saturated heterocycles. The molecule has 2 heterocycles. The van der Waals surface area contributed by atoms with Gasteiger partial charge in [-0.1, -0.05) is 0 Å². The molecule has 1 amide bonds. The van der Waals surface area contributed by atoms with Crippen LogP contribution in [0.25, 0.3) is 0 Å². The molecule has 1 fully saturated rings. The van der Waals surface area contributed by atoms with Crippen molar-refractivity contribution in [3.8, 4) is 0 Å². The normalized spacial score (nSPS) is 19.7. The van der Waals surface area contributed by atoms with Gasteiger partial charge in [0.05, 0.1) is 0 Å². The minimum absolute atomic E-state index is 0.0645. The van der Waals surface area contributed by atoms with Gasteiger partial charge in [0.25, 0.3) is 5.91 Å². The Balaban J connectivity index is 2.02. The van der Waals surface area contributed by atoms with Gasteiger partial charge in [0.2, 0.25) is 0 Å². The van der Waals surface area contributed by atoms with Crippen molar-refractivity contribution in [2.24, 2.45) is 7.05 Å². The van der Waals surface area contributed by atoms with E-state index < -0.39 is 0 Å². The fraction of sp³-hybridized carbons (Fsp3) is 0.714. The van der Waals surface area contributed by atoms with Crippen molar-refractivity contribution in [3.05, 3.63) is 18.2 Å². The molecule has 0 aliphatic carbocycles. The molecule has 0 aromatic carbocycles. The van der Waals surface area contributed by atoms with E-state index in [1.54, 1.807) is 17.9 Å². The van der Waals surface area contributed by atoms with E-state index in [4.69, 9.17) is 4.74 Å². The van der Waals surface area contributed by atoms with Gasteiger partial charge in [-0.3, -0.25) is 4.79 Å². The Morgan fingerprint density at radius 2 is 2.37 bits per heavy atom. The number of hydrogen-bond acceptors (Lipinski definition) is 3. The number of carbonyl (C=O) groups excluding carboxylic acids is 1. The third-order valence-electron chi connectivity index (χ3n) is 3.79. The molecule has 1 aliphatic heterocycles. The molecule has 0 N–H and O–H groups in total. The Bertz CT molecular complexity index is 417. The SMILES string of the molecule is COCCC[C@@H]1CCCCN1C(=O)c1nccn1C. The first-order valence-electron chi connectivity index (χ1n) is 7.01. The Morgan fingerprint density at radius 1 is 1.53 bits per heavy atom. The Labute approximate surface area is 114 Å². The van der Waals surface area contributed by atoms with Gasteiger partial charge >= 0.3 is 0 Å². The molecular weight excluding hydrogens is 242 g/mol.